The van der Waals surface area contributed by atoms with Gasteiger partial charge in [-0.15, -0.1) is 0 Å². The van der Waals surface area contributed by atoms with Gasteiger partial charge in [-0.3, -0.25) is 9.52 Å². The summed E-state index contributed by atoms with van der Waals surface area (Å²) in [7, 11) is -4.06. The molecule has 0 aliphatic heterocycles. The zero-order valence-corrected chi connectivity index (χ0v) is 18.5. The first-order chi connectivity index (χ1) is 14.7. The number of halogens is 3. The highest BCUT2D eigenvalue weighted by Crippen LogP contribution is 2.30. The van der Waals surface area contributed by atoms with Crippen LogP contribution in [0.4, 0.5) is 15.8 Å². The number of sulfonamides is 1. The summed E-state index contributed by atoms with van der Waals surface area (Å²) in [6.07, 6.45) is 0. The highest BCUT2D eigenvalue weighted by Gasteiger charge is 2.20. The van der Waals surface area contributed by atoms with Crippen molar-refractivity contribution < 1.29 is 22.3 Å². The number of benzene rings is 3. The normalized spacial score (nSPS) is 11.1. The van der Waals surface area contributed by atoms with Crippen LogP contribution < -0.4 is 14.8 Å². The molecular weight excluding hydrogens is 466 g/mol. The lowest BCUT2D eigenvalue weighted by atomic mass is 10.2. The lowest BCUT2D eigenvalue weighted by Gasteiger charge is -2.15. The van der Waals surface area contributed by atoms with E-state index in [4.69, 9.17) is 27.9 Å². The van der Waals surface area contributed by atoms with Gasteiger partial charge >= 0.3 is 0 Å². The van der Waals surface area contributed by atoms with Gasteiger partial charge in [0.05, 0.1) is 28.4 Å². The van der Waals surface area contributed by atoms with Crippen LogP contribution >= 0.6 is 23.2 Å². The maximum atomic E-state index is 13.9. The maximum absolute atomic E-state index is 13.9. The van der Waals surface area contributed by atoms with Crippen molar-refractivity contribution in [3.8, 4) is 5.75 Å². The van der Waals surface area contributed by atoms with Gasteiger partial charge in [-0.05, 0) is 55.5 Å². The molecule has 0 atom stereocenters. The van der Waals surface area contributed by atoms with Gasteiger partial charge < -0.3 is 10.1 Å². The summed E-state index contributed by atoms with van der Waals surface area (Å²) in [5, 5.41) is 3.03. The Hall–Kier alpha value is -2.81. The largest absolute Gasteiger partial charge is 0.492 e. The molecule has 6 nitrogen and oxygen atoms in total. The van der Waals surface area contributed by atoms with Gasteiger partial charge in [-0.1, -0.05) is 35.3 Å². The second-order valence-corrected chi connectivity index (χ2v) is 8.84. The van der Waals surface area contributed by atoms with E-state index in [1.165, 1.54) is 54.6 Å². The van der Waals surface area contributed by atoms with E-state index in [-0.39, 0.29) is 44.2 Å². The minimum absolute atomic E-state index is 0.0714. The van der Waals surface area contributed by atoms with E-state index in [2.05, 4.69) is 10.0 Å². The Labute approximate surface area is 189 Å². The summed E-state index contributed by atoms with van der Waals surface area (Å²) in [6.45, 7) is 2.01. The molecule has 0 spiro atoms. The van der Waals surface area contributed by atoms with Crippen LogP contribution in [0.1, 0.15) is 17.3 Å². The molecule has 31 heavy (non-hydrogen) atoms. The number of carbonyl (C=O) groups is 1. The van der Waals surface area contributed by atoms with Crippen LogP contribution in [0.5, 0.6) is 5.75 Å². The number of ether oxygens (including phenoxy) is 1. The first kappa shape index (κ1) is 22.9. The number of anilines is 2. The van der Waals surface area contributed by atoms with Crippen LogP contribution in [0.2, 0.25) is 10.0 Å². The fraction of sp³-hybridized carbons (Fsp3) is 0.0952. The zero-order chi connectivity index (χ0) is 22.6. The molecule has 0 radical (unpaired) electrons. The third-order valence-electron chi connectivity index (χ3n) is 4.04. The molecule has 0 aliphatic carbocycles. The van der Waals surface area contributed by atoms with Gasteiger partial charge in [0, 0.05) is 10.0 Å². The second kappa shape index (κ2) is 9.55. The minimum atomic E-state index is -4.06. The van der Waals surface area contributed by atoms with Gasteiger partial charge in [0.15, 0.2) is 0 Å². The molecule has 0 aliphatic rings. The number of rotatable bonds is 7. The highest BCUT2D eigenvalue weighted by atomic mass is 35.5. The number of amides is 1. The highest BCUT2D eigenvalue weighted by molar-refractivity contribution is 7.92. The first-order valence-electron chi connectivity index (χ1n) is 9.01. The van der Waals surface area contributed by atoms with Gasteiger partial charge in [0.1, 0.15) is 11.6 Å². The van der Waals surface area contributed by atoms with Crippen molar-refractivity contribution in [3.05, 3.63) is 82.1 Å². The van der Waals surface area contributed by atoms with Crippen molar-refractivity contribution in [2.75, 3.05) is 16.6 Å². The molecule has 0 saturated carbocycles. The molecule has 0 saturated heterocycles. The van der Waals surface area contributed by atoms with Crippen molar-refractivity contribution in [1.82, 2.24) is 0 Å². The Morgan fingerprint density at radius 2 is 1.71 bits per heavy atom. The summed E-state index contributed by atoms with van der Waals surface area (Å²) in [5.41, 5.74) is 0.0512. The molecule has 2 N–H and O–H groups in total. The van der Waals surface area contributed by atoms with E-state index in [1.54, 1.807) is 6.92 Å². The van der Waals surface area contributed by atoms with E-state index >= 15 is 0 Å². The molecule has 162 valence electrons. The standard InChI is InChI=1S/C21H17Cl2FN2O4S/c1-2-30-20-8-7-16(31(28,29)26-15-10-13(22)9-14(23)11-15)12-19(20)25-21(27)17-5-3-4-6-18(17)24/h3-12,26H,2H2,1H3,(H,25,27). The molecule has 10 heteroatoms. The first-order valence-corrected chi connectivity index (χ1v) is 11.2. The Morgan fingerprint density at radius 1 is 1.03 bits per heavy atom. The Balaban J connectivity index is 1.95. The quantitative estimate of drug-likeness (QED) is 0.459. The van der Waals surface area contributed by atoms with Crippen molar-refractivity contribution in [1.29, 1.82) is 0 Å². The van der Waals surface area contributed by atoms with Crippen LogP contribution in [-0.2, 0) is 10.0 Å². The molecule has 3 aromatic carbocycles. The van der Waals surface area contributed by atoms with E-state index in [9.17, 15) is 17.6 Å². The Morgan fingerprint density at radius 3 is 2.35 bits per heavy atom. The van der Waals surface area contributed by atoms with Crippen molar-refractivity contribution >= 4 is 50.5 Å². The summed E-state index contributed by atoms with van der Waals surface area (Å²) in [6, 6.07) is 13.7. The van der Waals surface area contributed by atoms with Crippen molar-refractivity contribution in [2.24, 2.45) is 0 Å². The van der Waals surface area contributed by atoms with Crippen LogP contribution in [0.15, 0.2) is 65.6 Å². The Kier molecular flexibility index (Phi) is 7.04. The zero-order valence-electron chi connectivity index (χ0n) is 16.2. The molecule has 3 aromatic rings. The fourth-order valence-corrected chi connectivity index (χ4v) is 4.31. The molecule has 3 rings (SSSR count). The SMILES string of the molecule is CCOc1ccc(S(=O)(=O)Nc2cc(Cl)cc(Cl)c2)cc1NC(=O)c1ccccc1F. The molecular formula is C21H17Cl2FN2O4S. The van der Waals surface area contributed by atoms with E-state index < -0.39 is 21.7 Å². The number of hydrogen-bond donors (Lipinski definition) is 2. The molecule has 0 aromatic heterocycles. The number of nitrogens with one attached hydrogen (secondary N) is 2. The second-order valence-electron chi connectivity index (χ2n) is 6.29. The molecule has 0 bridgehead atoms. The topological polar surface area (TPSA) is 84.5 Å². The molecule has 1 amide bonds. The van der Waals surface area contributed by atoms with Gasteiger partial charge in [0.25, 0.3) is 15.9 Å². The third kappa shape index (κ3) is 5.66. The maximum Gasteiger partial charge on any atom is 0.261 e. The van der Waals surface area contributed by atoms with Gasteiger partial charge in [-0.2, -0.15) is 0 Å². The van der Waals surface area contributed by atoms with Crippen molar-refractivity contribution in [2.45, 2.75) is 11.8 Å². The average molecular weight is 483 g/mol. The van der Waals surface area contributed by atoms with Gasteiger partial charge in [0.2, 0.25) is 0 Å². The third-order valence-corrected chi connectivity index (χ3v) is 5.86. The molecule has 0 fully saturated rings. The predicted octanol–water partition coefficient (Wildman–Crippen LogP) is 5.58. The average Bonchev–Trinajstić information content (AvgIpc) is 2.68. The Bertz CT molecular complexity index is 1220. The van der Waals surface area contributed by atoms with E-state index in [0.29, 0.717) is 0 Å². The van der Waals surface area contributed by atoms with E-state index in [1.807, 2.05) is 0 Å². The summed E-state index contributed by atoms with van der Waals surface area (Å²) >= 11 is 11.8. The molecule has 0 heterocycles. The van der Waals surface area contributed by atoms with Crippen molar-refractivity contribution in [3.63, 3.8) is 0 Å². The van der Waals surface area contributed by atoms with Gasteiger partial charge in [-0.25, -0.2) is 12.8 Å². The number of hydrogen-bond acceptors (Lipinski definition) is 4. The summed E-state index contributed by atoms with van der Waals surface area (Å²) in [5.74, 6) is -1.22. The lowest BCUT2D eigenvalue weighted by molar-refractivity contribution is 0.102. The predicted molar refractivity (Wildman–Crippen MR) is 119 cm³/mol. The smallest absolute Gasteiger partial charge is 0.261 e. The molecule has 0 unspecified atom stereocenters. The summed E-state index contributed by atoms with van der Waals surface area (Å²) in [4.78, 5) is 12.4. The number of carbonyl (C=O) groups excluding carboxylic acids is 1. The lowest BCUT2D eigenvalue weighted by Crippen LogP contribution is -2.17. The fourth-order valence-electron chi connectivity index (χ4n) is 2.72. The summed E-state index contributed by atoms with van der Waals surface area (Å²) < 4.78 is 47.5. The van der Waals surface area contributed by atoms with E-state index in [0.717, 1.165) is 6.07 Å². The van der Waals surface area contributed by atoms with Crippen LogP contribution in [-0.4, -0.2) is 20.9 Å². The minimum Gasteiger partial charge on any atom is -0.492 e. The van der Waals surface area contributed by atoms with Crippen LogP contribution in [0.25, 0.3) is 0 Å². The van der Waals surface area contributed by atoms with Crippen LogP contribution in [0.3, 0.4) is 0 Å². The monoisotopic (exact) mass is 482 g/mol. The van der Waals surface area contributed by atoms with Crippen LogP contribution in [0, 0.1) is 5.82 Å².